The predicted molar refractivity (Wildman–Crippen MR) is 149 cm³/mol. The smallest absolute Gasteiger partial charge is 0.240 e. The summed E-state index contributed by atoms with van der Waals surface area (Å²) in [6.45, 7) is 0. The summed E-state index contributed by atoms with van der Waals surface area (Å²) in [5.41, 5.74) is 1.43. The molecule has 0 saturated carbocycles. The molecule has 9 heteroatoms. The number of ketones is 2. The topological polar surface area (TPSA) is 74.8 Å². The molecule has 3 aliphatic heterocycles. The minimum Gasteiger partial charge on any atom is -0.359 e. The number of imide groups is 1. The van der Waals surface area contributed by atoms with E-state index >= 15 is 0 Å². The number of Topliss-reactive ketones (excluding diaryl/α,β-unsaturated/α-hetero) is 2. The molecule has 0 N–H and O–H groups in total. The summed E-state index contributed by atoms with van der Waals surface area (Å²) in [4.78, 5) is 57.7. The normalized spacial score (nSPS) is 23.5. The van der Waals surface area contributed by atoms with Gasteiger partial charge in [0.1, 0.15) is 6.04 Å². The highest BCUT2D eigenvalue weighted by molar-refractivity contribution is 6.38. The molecule has 4 atom stereocenters. The first-order chi connectivity index (χ1) is 18.8. The zero-order valence-electron chi connectivity index (χ0n) is 20.1. The fourth-order valence-corrected chi connectivity index (χ4v) is 6.26. The number of amides is 2. The van der Waals surface area contributed by atoms with Crippen molar-refractivity contribution in [3.8, 4) is 0 Å². The van der Waals surface area contributed by atoms with Crippen molar-refractivity contribution in [2.75, 3.05) is 4.90 Å². The zero-order chi connectivity index (χ0) is 27.4. The molecular weight excluding hydrogens is 559 g/mol. The first kappa shape index (κ1) is 25.6. The molecule has 0 radical (unpaired) electrons. The van der Waals surface area contributed by atoms with Crippen LogP contribution in [0.2, 0.25) is 15.1 Å². The standard InChI is InChI=1S/C30H19Cl3N2O4/c31-19-8-6-17(7-9-19)28(37)26-25-24(29(38)35(30(25)39)22-11-10-20(32)15-21(22)33)23-14-18(12-13-34(23)26)27(36)16-4-2-1-3-5-16/h1-15,23-26H/t23-,24+,25+,26+/m1/s1. The Morgan fingerprint density at radius 2 is 1.41 bits per heavy atom. The van der Waals surface area contributed by atoms with E-state index in [4.69, 9.17) is 34.8 Å². The molecule has 3 aromatic rings. The molecule has 0 unspecified atom stereocenters. The van der Waals surface area contributed by atoms with E-state index in [1.165, 1.54) is 12.1 Å². The lowest BCUT2D eigenvalue weighted by molar-refractivity contribution is -0.123. The Hall–Kier alpha value is -3.71. The van der Waals surface area contributed by atoms with E-state index in [9.17, 15) is 19.2 Å². The summed E-state index contributed by atoms with van der Waals surface area (Å²) < 4.78 is 0. The van der Waals surface area contributed by atoms with Gasteiger partial charge in [-0.15, -0.1) is 0 Å². The molecule has 3 heterocycles. The van der Waals surface area contributed by atoms with E-state index in [1.54, 1.807) is 77.8 Å². The van der Waals surface area contributed by atoms with Crippen LogP contribution in [-0.2, 0) is 9.59 Å². The maximum absolute atomic E-state index is 13.9. The van der Waals surface area contributed by atoms with Crippen LogP contribution in [0.15, 0.2) is 96.7 Å². The Balaban J connectivity index is 1.44. The molecule has 0 bridgehead atoms. The lowest BCUT2D eigenvalue weighted by Crippen LogP contribution is -2.46. The number of benzene rings is 3. The van der Waals surface area contributed by atoms with E-state index in [-0.39, 0.29) is 22.3 Å². The lowest BCUT2D eigenvalue weighted by atomic mass is 9.85. The summed E-state index contributed by atoms with van der Waals surface area (Å²) >= 11 is 18.5. The van der Waals surface area contributed by atoms with Crippen LogP contribution in [0, 0.1) is 11.8 Å². The second-order valence-corrected chi connectivity index (χ2v) is 10.8. The van der Waals surface area contributed by atoms with Crippen molar-refractivity contribution in [2.24, 2.45) is 11.8 Å². The summed E-state index contributed by atoms with van der Waals surface area (Å²) in [6, 6.07) is 18.0. The Kier molecular flexibility index (Phi) is 6.42. The molecule has 2 fully saturated rings. The van der Waals surface area contributed by atoms with E-state index in [0.717, 1.165) is 4.90 Å². The number of carbonyl (C=O) groups is 4. The van der Waals surface area contributed by atoms with Gasteiger partial charge in [-0.3, -0.25) is 19.2 Å². The molecule has 2 amide bonds. The molecule has 6 rings (SSSR count). The molecule has 3 aliphatic rings. The summed E-state index contributed by atoms with van der Waals surface area (Å²) in [6.07, 6.45) is 4.94. The summed E-state index contributed by atoms with van der Waals surface area (Å²) in [5, 5.41) is 0.962. The van der Waals surface area contributed by atoms with Gasteiger partial charge in [-0.2, -0.15) is 0 Å². The van der Waals surface area contributed by atoms with Crippen LogP contribution in [0.25, 0.3) is 0 Å². The monoisotopic (exact) mass is 576 g/mol. The zero-order valence-corrected chi connectivity index (χ0v) is 22.4. The van der Waals surface area contributed by atoms with Crippen LogP contribution in [0.3, 0.4) is 0 Å². The van der Waals surface area contributed by atoms with E-state index in [0.29, 0.717) is 26.7 Å². The van der Waals surface area contributed by atoms with E-state index < -0.39 is 35.7 Å². The Bertz CT molecular complexity index is 1600. The fourth-order valence-electron chi connectivity index (χ4n) is 5.64. The number of rotatable bonds is 5. The number of halogens is 3. The van der Waals surface area contributed by atoms with Gasteiger partial charge < -0.3 is 4.90 Å². The Morgan fingerprint density at radius 1 is 0.744 bits per heavy atom. The van der Waals surface area contributed by atoms with Crippen molar-refractivity contribution in [2.45, 2.75) is 12.1 Å². The fraction of sp³-hybridized carbons (Fsp3) is 0.133. The van der Waals surface area contributed by atoms with Crippen molar-refractivity contribution < 1.29 is 19.2 Å². The first-order valence-electron chi connectivity index (χ1n) is 12.2. The van der Waals surface area contributed by atoms with Crippen molar-refractivity contribution >= 4 is 63.9 Å². The Morgan fingerprint density at radius 3 is 2.10 bits per heavy atom. The summed E-state index contributed by atoms with van der Waals surface area (Å²) in [5.74, 6) is -3.48. The molecule has 0 aliphatic carbocycles. The third kappa shape index (κ3) is 4.20. The minimum atomic E-state index is -0.996. The maximum Gasteiger partial charge on any atom is 0.240 e. The van der Waals surface area contributed by atoms with Crippen molar-refractivity contribution in [3.05, 3.63) is 123 Å². The first-order valence-corrected chi connectivity index (χ1v) is 13.3. The van der Waals surface area contributed by atoms with Gasteiger partial charge in [0.05, 0.1) is 28.6 Å². The van der Waals surface area contributed by atoms with Gasteiger partial charge in [-0.1, -0.05) is 71.2 Å². The number of fused-ring (bicyclic) bond motifs is 3. The SMILES string of the molecule is O=C(C1=C[C@@H]2[C@@H]3C(=O)N(c4ccc(Cl)cc4Cl)C(=O)[C@@H]3[C@@H](C(=O)c3ccc(Cl)cc3)N2C=C1)c1ccccc1. The van der Waals surface area contributed by atoms with Gasteiger partial charge in [0.15, 0.2) is 11.6 Å². The third-order valence-corrected chi connectivity index (χ3v) is 8.18. The number of hydrogen-bond donors (Lipinski definition) is 0. The van der Waals surface area contributed by atoms with Crippen LogP contribution in [0.5, 0.6) is 0 Å². The van der Waals surface area contributed by atoms with Gasteiger partial charge in [0.2, 0.25) is 11.8 Å². The highest BCUT2D eigenvalue weighted by Crippen LogP contribution is 2.48. The third-order valence-electron chi connectivity index (χ3n) is 7.39. The van der Waals surface area contributed by atoms with Gasteiger partial charge in [-0.05, 0) is 48.5 Å². The maximum atomic E-state index is 13.9. The van der Waals surface area contributed by atoms with Gasteiger partial charge in [0, 0.05) is 32.9 Å². The lowest BCUT2D eigenvalue weighted by Gasteiger charge is -2.33. The van der Waals surface area contributed by atoms with Gasteiger partial charge in [-0.25, -0.2) is 4.90 Å². The molecule has 39 heavy (non-hydrogen) atoms. The molecule has 0 spiro atoms. The molecule has 6 nitrogen and oxygen atoms in total. The molecular formula is C30H19Cl3N2O4. The van der Waals surface area contributed by atoms with Crippen LogP contribution in [0.4, 0.5) is 5.69 Å². The quantitative estimate of drug-likeness (QED) is 0.274. The van der Waals surface area contributed by atoms with Crippen LogP contribution >= 0.6 is 34.8 Å². The Labute approximate surface area is 239 Å². The van der Waals surface area contributed by atoms with Crippen LogP contribution in [0.1, 0.15) is 20.7 Å². The number of anilines is 1. The highest BCUT2D eigenvalue weighted by atomic mass is 35.5. The van der Waals surface area contributed by atoms with E-state index in [2.05, 4.69) is 0 Å². The predicted octanol–water partition coefficient (Wildman–Crippen LogP) is 6.02. The van der Waals surface area contributed by atoms with Crippen molar-refractivity contribution in [1.29, 1.82) is 0 Å². The molecule has 194 valence electrons. The minimum absolute atomic E-state index is 0.139. The summed E-state index contributed by atoms with van der Waals surface area (Å²) in [7, 11) is 0. The van der Waals surface area contributed by atoms with Gasteiger partial charge >= 0.3 is 0 Å². The highest BCUT2D eigenvalue weighted by Gasteiger charge is 2.63. The second kappa shape index (κ2) is 9.79. The van der Waals surface area contributed by atoms with Crippen molar-refractivity contribution in [3.63, 3.8) is 0 Å². The van der Waals surface area contributed by atoms with Crippen LogP contribution < -0.4 is 4.90 Å². The number of hydrogen-bond acceptors (Lipinski definition) is 5. The molecule has 2 saturated heterocycles. The number of carbonyl (C=O) groups excluding carboxylic acids is 4. The average molecular weight is 578 g/mol. The largest absolute Gasteiger partial charge is 0.359 e. The number of nitrogens with zero attached hydrogens (tertiary/aromatic N) is 2. The van der Waals surface area contributed by atoms with Crippen LogP contribution in [-0.4, -0.2) is 40.4 Å². The van der Waals surface area contributed by atoms with Crippen molar-refractivity contribution in [1.82, 2.24) is 4.90 Å². The molecule has 3 aromatic carbocycles. The van der Waals surface area contributed by atoms with E-state index in [1.807, 2.05) is 6.07 Å². The second-order valence-electron chi connectivity index (χ2n) is 9.55. The number of allylic oxidation sites excluding steroid dienone is 2. The van der Waals surface area contributed by atoms with Gasteiger partial charge in [0.25, 0.3) is 0 Å². The molecule has 0 aromatic heterocycles. The average Bonchev–Trinajstić information content (AvgIpc) is 3.40.